The molecule has 1 unspecified atom stereocenters. The predicted molar refractivity (Wildman–Crippen MR) is 44.4 cm³/mol. The molecule has 0 aromatic rings. The Morgan fingerprint density at radius 2 is 1.92 bits per heavy atom. The van der Waals surface area contributed by atoms with E-state index in [1.54, 1.807) is 6.92 Å². The standard InChI is InChI=1S/C8H17NO2.ClH/c1-5-6-9(3,4)7(2)8(10)11;/h7H,5-6H2,1-4H3;1H. The normalized spacial score (nSPS) is 13.3. The van der Waals surface area contributed by atoms with Crippen molar-refractivity contribution in [1.29, 1.82) is 0 Å². The third kappa shape index (κ3) is 3.93. The maximum atomic E-state index is 10.6. The minimum atomic E-state index is -0.719. The quantitative estimate of drug-likeness (QED) is 0.525. The molecule has 0 aliphatic heterocycles. The molecule has 0 saturated heterocycles. The summed E-state index contributed by atoms with van der Waals surface area (Å²) in [5.41, 5.74) is 0. The van der Waals surface area contributed by atoms with Crippen molar-refractivity contribution in [2.24, 2.45) is 0 Å². The monoisotopic (exact) mass is 195 g/mol. The fourth-order valence-corrected chi connectivity index (χ4v) is 1.07. The molecule has 1 N–H and O–H groups in total. The number of aliphatic carboxylic acids is 1. The zero-order chi connectivity index (χ0) is 9.07. The number of hydrogen-bond donors (Lipinski definition) is 1. The topological polar surface area (TPSA) is 37.3 Å². The van der Waals surface area contributed by atoms with Crippen LogP contribution < -0.4 is 12.4 Å². The van der Waals surface area contributed by atoms with E-state index in [0.717, 1.165) is 13.0 Å². The van der Waals surface area contributed by atoms with Crippen LogP contribution in [-0.2, 0) is 4.79 Å². The number of carboxylic acid groups (broad SMARTS) is 1. The lowest BCUT2D eigenvalue weighted by Gasteiger charge is -2.33. The molecule has 0 amide bonds. The molecule has 0 heterocycles. The Labute approximate surface area is 80.4 Å². The van der Waals surface area contributed by atoms with Crippen molar-refractivity contribution in [2.45, 2.75) is 26.3 Å². The number of rotatable bonds is 4. The third-order valence-electron chi connectivity index (χ3n) is 2.21. The second-order valence-electron chi connectivity index (χ2n) is 3.52. The molecule has 0 rings (SSSR count). The average molecular weight is 196 g/mol. The van der Waals surface area contributed by atoms with E-state index in [1.807, 2.05) is 14.1 Å². The van der Waals surface area contributed by atoms with Crippen LogP contribution in [0.4, 0.5) is 0 Å². The van der Waals surface area contributed by atoms with Crippen molar-refractivity contribution < 1.29 is 26.8 Å². The van der Waals surface area contributed by atoms with Crippen molar-refractivity contribution >= 4 is 5.97 Å². The zero-order valence-corrected chi connectivity index (χ0v) is 8.93. The number of nitrogens with zero attached hydrogens (tertiary/aromatic N) is 1. The minimum Gasteiger partial charge on any atom is -1.00 e. The van der Waals surface area contributed by atoms with Crippen LogP contribution in [0.3, 0.4) is 0 Å². The van der Waals surface area contributed by atoms with Gasteiger partial charge in [-0.15, -0.1) is 0 Å². The molecule has 0 aromatic heterocycles. The Balaban J connectivity index is 0. The second-order valence-corrected chi connectivity index (χ2v) is 3.52. The van der Waals surface area contributed by atoms with Gasteiger partial charge in [-0.05, 0) is 13.3 Å². The van der Waals surface area contributed by atoms with E-state index in [4.69, 9.17) is 5.11 Å². The molecule has 4 heteroatoms. The second kappa shape index (κ2) is 5.38. The first kappa shape index (κ1) is 14.3. The lowest BCUT2D eigenvalue weighted by atomic mass is 10.2. The van der Waals surface area contributed by atoms with Crippen LogP contribution in [0.15, 0.2) is 0 Å². The molecule has 0 aromatic carbocycles. The summed E-state index contributed by atoms with van der Waals surface area (Å²) in [6, 6.07) is -0.310. The van der Waals surface area contributed by atoms with Crippen molar-refractivity contribution in [2.75, 3.05) is 20.6 Å². The van der Waals surface area contributed by atoms with Crippen molar-refractivity contribution in [3.05, 3.63) is 0 Å². The molecule has 0 aliphatic carbocycles. The van der Waals surface area contributed by atoms with Crippen molar-refractivity contribution in [3.8, 4) is 0 Å². The van der Waals surface area contributed by atoms with Crippen LogP contribution in [0.25, 0.3) is 0 Å². The summed E-state index contributed by atoms with van der Waals surface area (Å²) in [6.45, 7) is 4.72. The first-order valence-corrected chi connectivity index (χ1v) is 3.97. The molecule has 3 nitrogen and oxygen atoms in total. The Morgan fingerprint density at radius 3 is 2.17 bits per heavy atom. The maximum absolute atomic E-state index is 10.6. The van der Waals surface area contributed by atoms with E-state index >= 15 is 0 Å². The summed E-state index contributed by atoms with van der Waals surface area (Å²) in [5, 5.41) is 8.73. The van der Waals surface area contributed by atoms with Gasteiger partial charge in [-0.2, -0.15) is 0 Å². The van der Waals surface area contributed by atoms with Crippen LogP contribution in [0.2, 0.25) is 0 Å². The number of halogens is 1. The van der Waals surface area contributed by atoms with E-state index in [-0.39, 0.29) is 18.4 Å². The summed E-state index contributed by atoms with van der Waals surface area (Å²) in [6.07, 6.45) is 1.02. The number of quaternary nitrogens is 1. The van der Waals surface area contributed by atoms with Crippen molar-refractivity contribution in [1.82, 2.24) is 0 Å². The van der Waals surface area contributed by atoms with Gasteiger partial charge in [0.2, 0.25) is 0 Å². The molecule has 1 atom stereocenters. The van der Waals surface area contributed by atoms with Gasteiger partial charge in [-0.1, -0.05) is 6.92 Å². The fourth-order valence-electron chi connectivity index (χ4n) is 1.07. The van der Waals surface area contributed by atoms with E-state index in [1.165, 1.54) is 0 Å². The van der Waals surface area contributed by atoms with E-state index in [2.05, 4.69) is 6.92 Å². The minimum absolute atomic E-state index is 0. The highest BCUT2D eigenvalue weighted by molar-refractivity contribution is 5.71. The van der Waals surface area contributed by atoms with Gasteiger partial charge in [-0.3, -0.25) is 0 Å². The molecule has 12 heavy (non-hydrogen) atoms. The van der Waals surface area contributed by atoms with Crippen LogP contribution >= 0.6 is 0 Å². The molecular weight excluding hydrogens is 178 g/mol. The van der Waals surface area contributed by atoms with Gasteiger partial charge in [0.05, 0.1) is 20.6 Å². The van der Waals surface area contributed by atoms with Crippen LogP contribution in [0.5, 0.6) is 0 Å². The first-order valence-electron chi connectivity index (χ1n) is 3.97. The van der Waals surface area contributed by atoms with Gasteiger partial charge in [0.25, 0.3) is 0 Å². The zero-order valence-electron chi connectivity index (χ0n) is 8.17. The summed E-state index contributed by atoms with van der Waals surface area (Å²) < 4.78 is 0.561. The van der Waals surface area contributed by atoms with Gasteiger partial charge in [0.15, 0.2) is 6.04 Å². The predicted octanol–water partition coefficient (Wildman–Crippen LogP) is -2.05. The Hall–Kier alpha value is -0.280. The smallest absolute Gasteiger partial charge is 0.362 e. The molecule has 0 spiro atoms. The molecule has 0 aliphatic rings. The number of hydrogen-bond acceptors (Lipinski definition) is 1. The highest BCUT2D eigenvalue weighted by atomic mass is 35.5. The van der Waals surface area contributed by atoms with Gasteiger partial charge in [0.1, 0.15) is 0 Å². The molecule has 0 bridgehead atoms. The Morgan fingerprint density at radius 1 is 1.50 bits per heavy atom. The Bertz CT molecular complexity index is 148. The highest BCUT2D eigenvalue weighted by Crippen LogP contribution is 2.07. The first-order chi connectivity index (χ1) is 4.91. The maximum Gasteiger partial charge on any atom is 0.362 e. The summed E-state index contributed by atoms with van der Waals surface area (Å²) >= 11 is 0. The van der Waals surface area contributed by atoms with E-state index < -0.39 is 5.97 Å². The summed E-state index contributed by atoms with van der Waals surface area (Å²) in [4.78, 5) is 10.6. The molecule has 0 saturated carbocycles. The van der Waals surface area contributed by atoms with Crippen LogP contribution in [0.1, 0.15) is 20.3 Å². The number of carboxylic acids is 1. The number of likely N-dealkylation sites (N-methyl/N-ethyl adjacent to an activating group) is 1. The Kier molecular flexibility index (Phi) is 6.39. The average Bonchev–Trinajstić information content (AvgIpc) is 1.86. The lowest BCUT2D eigenvalue weighted by molar-refractivity contribution is -0.904. The fraction of sp³-hybridized carbons (Fsp3) is 0.875. The van der Waals surface area contributed by atoms with Gasteiger partial charge in [0, 0.05) is 0 Å². The van der Waals surface area contributed by atoms with E-state index in [9.17, 15) is 4.79 Å². The van der Waals surface area contributed by atoms with Gasteiger partial charge < -0.3 is 22.0 Å². The summed E-state index contributed by atoms with van der Waals surface area (Å²) in [5.74, 6) is -0.719. The largest absolute Gasteiger partial charge is 1.00 e. The molecule has 0 fully saturated rings. The molecular formula is C8H18ClNO2. The van der Waals surface area contributed by atoms with Crippen molar-refractivity contribution in [3.63, 3.8) is 0 Å². The number of carbonyl (C=O) groups is 1. The van der Waals surface area contributed by atoms with Crippen LogP contribution in [-0.4, -0.2) is 42.2 Å². The molecule has 0 radical (unpaired) electrons. The highest BCUT2D eigenvalue weighted by Gasteiger charge is 2.28. The SMILES string of the molecule is CCC[N+](C)(C)C(C)C(=O)O.[Cl-]. The lowest BCUT2D eigenvalue weighted by Crippen LogP contribution is -3.00. The molecule has 74 valence electrons. The van der Waals surface area contributed by atoms with E-state index in [0.29, 0.717) is 4.48 Å². The van der Waals surface area contributed by atoms with Gasteiger partial charge >= 0.3 is 5.97 Å². The van der Waals surface area contributed by atoms with Gasteiger partial charge in [-0.25, -0.2) is 4.79 Å². The third-order valence-corrected chi connectivity index (χ3v) is 2.21. The van der Waals surface area contributed by atoms with Crippen LogP contribution in [0, 0.1) is 0 Å². The summed E-state index contributed by atoms with van der Waals surface area (Å²) in [7, 11) is 3.89.